The minimum absolute atomic E-state index is 0.212. The summed E-state index contributed by atoms with van der Waals surface area (Å²) in [6.07, 6.45) is 3.46. The van der Waals surface area contributed by atoms with E-state index in [0.29, 0.717) is 5.56 Å². The highest BCUT2D eigenvalue weighted by Gasteiger charge is 1.98. The molecule has 0 bridgehead atoms. The van der Waals surface area contributed by atoms with E-state index in [-0.39, 0.29) is 5.82 Å². The number of hydrogen-bond donors (Lipinski definition) is 0. The maximum Gasteiger partial charge on any atom is 0.130 e. The van der Waals surface area contributed by atoms with Crippen molar-refractivity contribution < 1.29 is 4.39 Å². The number of rotatable bonds is 3. The maximum absolute atomic E-state index is 13.3. The van der Waals surface area contributed by atoms with Gasteiger partial charge < -0.3 is 0 Å². The van der Waals surface area contributed by atoms with Gasteiger partial charge in [-0.05, 0) is 43.9 Å². The molecule has 2 heteroatoms. The van der Waals surface area contributed by atoms with E-state index in [4.69, 9.17) is 0 Å². The minimum Gasteiger partial charge on any atom is -0.272 e. The second kappa shape index (κ2) is 5.25. The molecule has 1 rings (SSSR count). The Kier molecular flexibility index (Phi) is 3.98. The van der Waals surface area contributed by atoms with Crippen LogP contribution in [-0.4, -0.2) is 6.72 Å². The zero-order valence-electron chi connectivity index (χ0n) is 9.00. The van der Waals surface area contributed by atoms with Crippen molar-refractivity contribution >= 4 is 12.8 Å². The molecule has 15 heavy (non-hydrogen) atoms. The monoisotopic (exact) mass is 203 g/mol. The minimum atomic E-state index is -0.212. The smallest absolute Gasteiger partial charge is 0.130 e. The van der Waals surface area contributed by atoms with E-state index in [1.165, 1.54) is 6.07 Å². The van der Waals surface area contributed by atoms with Crippen molar-refractivity contribution in [2.45, 2.75) is 13.8 Å². The molecule has 1 aromatic rings. The topological polar surface area (TPSA) is 12.4 Å². The van der Waals surface area contributed by atoms with E-state index in [1.807, 2.05) is 19.9 Å². The first-order valence-electron chi connectivity index (χ1n) is 4.71. The average Bonchev–Trinajstić information content (AvgIpc) is 2.21. The molecule has 0 spiro atoms. The highest BCUT2D eigenvalue weighted by Crippen LogP contribution is 2.16. The normalized spacial score (nSPS) is 12.7. The molecule has 0 saturated carbocycles. The van der Waals surface area contributed by atoms with Crippen LogP contribution in [-0.2, 0) is 0 Å². The van der Waals surface area contributed by atoms with Gasteiger partial charge in [-0.2, -0.15) is 0 Å². The van der Waals surface area contributed by atoms with Crippen molar-refractivity contribution in [2.75, 3.05) is 0 Å². The summed E-state index contributed by atoms with van der Waals surface area (Å²) < 4.78 is 13.3. The van der Waals surface area contributed by atoms with Crippen molar-refractivity contribution in [1.82, 2.24) is 0 Å². The van der Waals surface area contributed by atoms with E-state index in [9.17, 15) is 4.39 Å². The first-order valence-corrected chi connectivity index (χ1v) is 4.71. The van der Waals surface area contributed by atoms with Crippen molar-refractivity contribution in [3.63, 3.8) is 0 Å². The van der Waals surface area contributed by atoms with Crippen LogP contribution in [0.15, 0.2) is 46.6 Å². The number of halogens is 1. The first kappa shape index (κ1) is 11.4. The summed E-state index contributed by atoms with van der Waals surface area (Å²) in [5.74, 6) is -0.212. The fraction of sp³-hybridized carbons (Fsp3) is 0.154. The molecule has 0 heterocycles. The Labute approximate surface area is 89.7 Å². The Balaban J connectivity index is 3.02. The lowest BCUT2D eigenvalue weighted by Crippen LogP contribution is -1.84. The lowest BCUT2D eigenvalue weighted by molar-refractivity contribution is 0.625. The van der Waals surface area contributed by atoms with Crippen LogP contribution in [0.3, 0.4) is 0 Å². The van der Waals surface area contributed by atoms with Gasteiger partial charge in [-0.25, -0.2) is 4.39 Å². The van der Waals surface area contributed by atoms with Gasteiger partial charge in [0.15, 0.2) is 0 Å². The van der Waals surface area contributed by atoms with Crippen LogP contribution in [0.5, 0.6) is 0 Å². The SMILES string of the molecule is C=N/C=C(C)\C(C)=C/c1ccccc1F. The molecular formula is C13H14FN. The van der Waals surface area contributed by atoms with Crippen LogP contribution >= 0.6 is 0 Å². The number of aliphatic imine (C=N–C) groups is 1. The largest absolute Gasteiger partial charge is 0.272 e. The molecule has 0 atom stereocenters. The molecule has 1 nitrogen and oxygen atoms in total. The van der Waals surface area contributed by atoms with Crippen LogP contribution in [0.2, 0.25) is 0 Å². The van der Waals surface area contributed by atoms with Gasteiger partial charge in [0, 0.05) is 11.8 Å². The van der Waals surface area contributed by atoms with Gasteiger partial charge in [0.1, 0.15) is 5.82 Å². The molecular weight excluding hydrogens is 189 g/mol. The van der Waals surface area contributed by atoms with Gasteiger partial charge in [-0.3, -0.25) is 4.99 Å². The molecule has 0 aliphatic heterocycles. The van der Waals surface area contributed by atoms with Crippen LogP contribution in [0, 0.1) is 5.82 Å². The van der Waals surface area contributed by atoms with E-state index < -0.39 is 0 Å². The standard InChI is InChI=1S/C13H14FN/c1-10(11(2)9-15-3)8-12-6-4-5-7-13(12)14/h4-9H,3H2,1-2H3/b10-8-,11-9-. The third-order valence-corrected chi connectivity index (χ3v) is 2.18. The van der Waals surface area contributed by atoms with E-state index in [0.717, 1.165) is 11.1 Å². The van der Waals surface area contributed by atoms with Crippen molar-refractivity contribution in [2.24, 2.45) is 4.99 Å². The Morgan fingerprint density at radius 2 is 1.93 bits per heavy atom. The third-order valence-electron chi connectivity index (χ3n) is 2.18. The zero-order valence-corrected chi connectivity index (χ0v) is 9.00. The Morgan fingerprint density at radius 1 is 1.27 bits per heavy atom. The predicted octanol–water partition coefficient (Wildman–Crippen LogP) is 3.83. The Morgan fingerprint density at radius 3 is 2.53 bits per heavy atom. The molecule has 78 valence electrons. The molecule has 0 unspecified atom stereocenters. The lowest BCUT2D eigenvalue weighted by atomic mass is 10.1. The zero-order chi connectivity index (χ0) is 11.3. The van der Waals surface area contributed by atoms with Gasteiger partial charge >= 0.3 is 0 Å². The number of nitrogens with zero attached hydrogens (tertiary/aromatic N) is 1. The molecule has 0 amide bonds. The second-order valence-corrected chi connectivity index (χ2v) is 3.34. The van der Waals surface area contributed by atoms with Gasteiger partial charge in [-0.1, -0.05) is 18.2 Å². The van der Waals surface area contributed by atoms with Gasteiger partial charge in [0.25, 0.3) is 0 Å². The molecule has 0 fully saturated rings. The summed E-state index contributed by atoms with van der Waals surface area (Å²) in [4.78, 5) is 3.67. The van der Waals surface area contributed by atoms with Gasteiger partial charge in [0.2, 0.25) is 0 Å². The van der Waals surface area contributed by atoms with Crippen molar-refractivity contribution in [3.05, 3.63) is 53.0 Å². The summed E-state index contributed by atoms with van der Waals surface area (Å²) in [5.41, 5.74) is 2.55. The van der Waals surface area contributed by atoms with Crippen LogP contribution in [0.4, 0.5) is 4.39 Å². The second-order valence-electron chi connectivity index (χ2n) is 3.34. The van der Waals surface area contributed by atoms with Crippen LogP contribution in [0.1, 0.15) is 19.4 Å². The van der Waals surface area contributed by atoms with Crippen LogP contribution in [0.25, 0.3) is 6.08 Å². The van der Waals surface area contributed by atoms with Gasteiger partial charge in [-0.15, -0.1) is 0 Å². The molecule has 1 aromatic carbocycles. The fourth-order valence-corrected chi connectivity index (χ4v) is 1.18. The highest BCUT2D eigenvalue weighted by atomic mass is 19.1. The molecule has 0 radical (unpaired) electrons. The van der Waals surface area contributed by atoms with E-state index in [2.05, 4.69) is 11.7 Å². The maximum atomic E-state index is 13.3. The first-order chi connectivity index (χ1) is 7.15. The molecule has 0 aliphatic rings. The summed E-state index contributed by atoms with van der Waals surface area (Å²) >= 11 is 0. The molecule has 0 N–H and O–H groups in total. The quantitative estimate of drug-likeness (QED) is 0.523. The fourth-order valence-electron chi connectivity index (χ4n) is 1.18. The molecule has 0 saturated heterocycles. The molecule has 0 aromatic heterocycles. The summed E-state index contributed by atoms with van der Waals surface area (Å²) in [7, 11) is 0. The summed E-state index contributed by atoms with van der Waals surface area (Å²) in [5, 5.41) is 0. The van der Waals surface area contributed by atoms with Crippen LogP contribution < -0.4 is 0 Å². The Bertz CT molecular complexity index is 416. The average molecular weight is 203 g/mol. The number of hydrogen-bond acceptors (Lipinski definition) is 1. The summed E-state index contributed by atoms with van der Waals surface area (Å²) in [6.45, 7) is 7.22. The molecule has 0 aliphatic carbocycles. The van der Waals surface area contributed by atoms with E-state index >= 15 is 0 Å². The van der Waals surface area contributed by atoms with E-state index in [1.54, 1.807) is 24.4 Å². The van der Waals surface area contributed by atoms with Crippen molar-refractivity contribution in [1.29, 1.82) is 0 Å². The summed E-state index contributed by atoms with van der Waals surface area (Å²) in [6, 6.07) is 6.68. The third kappa shape index (κ3) is 3.17. The number of allylic oxidation sites excluding steroid dienone is 2. The van der Waals surface area contributed by atoms with Crippen molar-refractivity contribution in [3.8, 4) is 0 Å². The lowest BCUT2D eigenvalue weighted by Gasteiger charge is -2.01. The highest BCUT2D eigenvalue weighted by molar-refractivity contribution is 5.57. The predicted molar refractivity (Wildman–Crippen MR) is 63.4 cm³/mol. The van der Waals surface area contributed by atoms with Gasteiger partial charge in [0.05, 0.1) is 0 Å². The number of benzene rings is 1. The Hall–Kier alpha value is -1.70.